The van der Waals surface area contributed by atoms with E-state index in [0.717, 1.165) is 24.8 Å². The molecule has 8 nitrogen and oxygen atoms in total. The number of ether oxygens (including phenoxy) is 1. The molecule has 0 aromatic heterocycles. The first-order valence-electron chi connectivity index (χ1n) is 11.5. The molecular formula is C24H34ClN3O5. The molecule has 1 heterocycles. The van der Waals surface area contributed by atoms with Gasteiger partial charge in [0.05, 0.1) is 6.04 Å². The minimum absolute atomic E-state index is 0.111. The number of cyclic esters (lactones) is 1. The summed E-state index contributed by atoms with van der Waals surface area (Å²) in [6.07, 6.45) is 3.05. The fraction of sp³-hybridized carbons (Fsp3) is 0.583. The number of aldehydes is 1. The lowest BCUT2D eigenvalue weighted by atomic mass is 10.0. The van der Waals surface area contributed by atoms with Crippen LogP contribution in [0, 0.1) is 5.92 Å². The van der Waals surface area contributed by atoms with E-state index in [1.54, 1.807) is 18.2 Å². The molecule has 0 radical (unpaired) electrons. The first-order chi connectivity index (χ1) is 15.8. The molecule has 0 spiro atoms. The Bertz CT molecular complexity index is 817. The van der Waals surface area contributed by atoms with Crippen molar-refractivity contribution in [1.29, 1.82) is 0 Å². The average Bonchev–Trinajstić information content (AvgIpc) is 2.76. The van der Waals surface area contributed by atoms with Crippen LogP contribution in [0.1, 0.15) is 70.5 Å². The van der Waals surface area contributed by atoms with Crippen LogP contribution in [-0.4, -0.2) is 42.8 Å². The van der Waals surface area contributed by atoms with Crippen molar-refractivity contribution >= 4 is 35.8 Å². The monoisotopic (exact) mass is 479 g/mol. The number of hydrogen-bond acceptors (Lipinski definition) is 5. The zero-order chi connectivity index (χ0) is 24.2. The Hall–Kier alpha value is -2.61. The summed E-state index contributed by atoms with van der Waals surface area (Å²) in [6, 6.07) is 5.47. The van der Waals surface area contributed by atoms with Gasteiger partial charge in [0.25, 0.3) is 0 Å². The van der Waals surface area contributed by atoms with E-state index in [2.05, 4.69) is 16.0 Å². The fourth-order valence-electron chi connectivity index (χ4n) is 3.70. The summed E-state index contributed by atoms with van der Waals surface area (Å²) in [5, 5.41) is 8.68. The third-order valence-corrected chi connectivity index (χ3v) is 5.66. The second kappa shape index (κ2) is 13.8. The van der Waals surface area contributed by atoms with Gasteiger partial charge in [0, 0.05) is 18.0 Å². The van der Waals surface area contributed by atoms with Crippen LogP contribution in [0.3, 0.4) is 0 Å². The number of carbonyl (C=O) groups is 4. The van der Waals surface area contributed by atoms with Gasteiger partial charge in [-0.2, -0.15) is 0 Å². The van der Waals surface area contributed by atoms with E-state index in [1.807, 2.05) is 19.9 Å². The predicted octanol–water partition coefficient (Wildman–Crippen LogP) is 3.68. The highest BCUT2D eigenvalue weighted by Crippen LogP contribution is 2.26. The maximum atomic E-state index is 12.8. The summed E-state index contributed by atoms with van der Waals surface area (Å²) in [6.45, 7) is 4.38. The number of benzene rings is 1. The van der Waals surface area contributed by atoms with Crippen molar-refractivity contribution in [2.75, 3.05) is 6.54 Å². The number of halogens is 1. The van der Waals surface area contributed by atoms with Crippen molar-refractivity contribution < 1.29 is 23.9 Å². The summed E-state index contributed by atoms with van der Waals surface area (Å²) >= 11 is 6.13. The molecule has 1 aliphatic heterocycles. The summed E-state index contributed by atoms with van der Waals surface area (Å²) in [5.41, 5.74) is 0.773. The summed E-state index contributed by atoms with van der Waals surface area (Å²) in [7, 11) is 0. The summed E-state index contributed by atoms with van der Waals surface area (Å²) in [5.74, 6) is -0.534. The Kier molecular flexibility index (Phi) is 11.2. The number of alkyl carbamates (subject to hydrolysis) is 1. The van der Waals surface area contributed by atoms with Crippen molar-refractivity contribution in [3.8, 4) is 0 Å². The minimum Gasteiger partial charge on any atom is -0.441 e. The summed E-state index contributed by atoms with van der Waals surface area (Å²) in [4.78, 5) is 49.1. The summed E-state index contributed by atoms with van der Waals surface area (Å²) < 4.78 is 5.72. The molecule has 0 bridgehead atoms. The molecule has 1 aromatic rings. The third kappa shape index (κ3) is 9.82. The third-order valence-electron chi connectivity index (χ3n) is 5.43. The lowest BCUT2D eigenvalue weighted by Gasteiger charge is -2.24. The van der Waals surface area contributed by atoms with Crippen LogP contribution in [0.4, 0.5) is 4.79 Å². The molecule has 1 aliphatic rings. The highest BCUT2D eigenvalue weighted by molar-refractivity contribution is 6.30. The van der Waals surface area contributed by atoms with Crippen LogP contribution in [0.15, 0.2) is 24.3 Å². The standard InChI is InChI=1S/C24H34ClN3O5/c1-16(2)13-20-23(31)27-19(15-29)10-11-22(30)26-12-5-3-4-9-21(33-24(32)28-20)17-7-6-8-18(25)14-17/h6-8,14-16,19-21H,3-5,9-13H2,1-2H3,(H,26,30)(H,27,31)(H,28,32)/t19-,20-,21?/m0/s1. The number of carbonyl (C=O) groups excluding carboxylic acids is 4. The Labute approximate surface area is 200 Å². The van der Waals surface area contributed by atoms with Gasteiger partial charge in [-0.25, -0.2) is 4.79 Å². The maximum absolute atomic E-state index is 12.8. The molecule has 1 aromatic carbocycles. The molecule has 1 saturated heterocycles. The van der Waals surface area contributed by atoms with Gasteiger partial charge in [0.2, 0.25) is 11.8 Å². The molecule has 2 rings (SSSR count). The predicted molar refractivity (Wildman–Crippen MR) is 126 cm³/mol. The van der Waals surface area contributed by atoms with E-state index in [0.29, 0.717) is 30.7 Å². The van der Waals surface area contributed by atoms with Gasteiger partial charge in [-0.1, -0.05) is 44.0 Å². The van der Waals surface area contributed by atoms with Crippen molar-refractivity contribution in [3.05, 3.63) is 34.9 Å². The zero-order valence-corrected chi connectivity index (χ0v) is 20.0. The topological polar surface area (TPSA) is 114 Å². The van der Waals surface area contributed by atoms with E-state index in [4.69, 9.17) is 16.3 Å². The Balaban J connectivity index is 2.21. The molecule has 9 heteroatoms. The Morgan fingerprint density at radius 1 is 1.12 bits per heavy atom. The maximum Gasteiger partial charge on any atom is 0.408 e. The lowest BCUT2D eigenvalue weighted by molar-refractivity contribution is -0.127. The molecule has 182 valence electrons. The SMILES string of the molecule is CC(C)C[C@@H]1NC(=O)OC(c2cccc(Cl)c2)CCCCCNC(=O)CC[C@@H](C=O)NC1=O. The molecule has 1 fully saturated rings. The quantitative estimate of drug-likeness (QED) is 0.570. The van der Waals surface area contributed by atoms with Crippen LogP contribution in [-0.2, 0) is 19.1 Å². The van der Waals surface area contributed by atoms with E-state index >= 15 is 0 Å². The number of nitrogens with one attached hydrogen (secondary N) is 3. The molecular weight excluding hydrogens is 446 g/mol. The van der Waals surface area contributed by atoms with E-state index < -0.39 is 30.2 Å². The van der Waals surface area contributed by atoms with Gasteiger partial charge in [-0.15, -0.1) is 0 Å². The molecule has 0 aliphatic carbocycles. The first-order valence-corrected chi connectivity index (χ1v) is 11.9. The second-order valence-corrected chi connectivity index (χ2v) is 9.20. The average molecular weight is 480 g/mol. The van der Waals surface area contributed by atoms with Gasteiger partial charge in [0.1, 0.15) is 18.4 Å². The van der Waals surface area contributed by atoms with Gasteiger partial charge < -0.3 is 25.5 Å². The number of amides is 3. The van der Waals surface area contributed by atoms with Crippen LogP contribution in [0.25, 0.3) is 0 Å². The van der Waals surface area contributed by atoms with Gasteiger partial charge in [-0.05, 0) is 55.7 Å². The minimum atomic E-state index is -0.871. The highest BCUT2D eigenvalue weighted by atomic mass is 35.5. The largest absolute Gasteiger partial charge is 0.441 e. The van der Waals surface area contributed by atoms with Crippen molar-refractivity contribution in [2.45, 2.75) is 77.0 Å². The van der Waals surface area contributed by atoms with Crippen molar-refractivity contribution in [1.82, 2.24) is 16.0 Å². The van der Waals surface area contributed by atoms with Gasteiger partial charge >= 0.3 is 6.09 Å². The molecule has 33 heavy (non-hydrogen) atoms. The molecule has 3 N–H and O–H groups in total. The fourth-order valence-corrected chi connectivity index (χ4v) is 3.90. The smallest absolute Gasteiger partial charge is 0.408 e. The Morgan fingerprint density at radius 3 is 2.61 bits per heavy atom. The molecule has 3 atom stereocenters. The first kappa shape index (κ1) is 26.6. The zero-order valence-electron chi connectivity index (χ0n) is 19.3. The normalized spacial score (nSPS) is 24.1. The molecule has 1 unspecified atom stereocenters. The van der Waals surface area contributed by atoms with Gasteiger partial charge in [-0.3, -0.25) is 9.59 Å². The highest BCUT2D eigenvalue weighted by Gasteiger charge is 2.27. The van der Waals surface area contributed by atoms with Crippen LogP contribution in [0.2, 0.25) is 5.02 Å². The molecule has 0 saturated carbocycles. The van der Waals surface area contributed by atoms with E-state index in [9.17, 15) is 19.2 Å². The Morgan fingerprint density at radius 2 is 1.91 bits per heavy atom. The second-order valence-electron chi connectivity index (χ2n) is 8.76. The van der Waals surface area contributed by atoms with E-state index in [-0.39, 0.29) is 24.7 Å². The number of hydrogen-bond donors (Lipinski definition) is 3. The van der Waals surface area contributed by atoms with E-state index in [1.165, 1.54) is 0 Å². The lowest BCUT2D eigenvalue weighted by Crippen LogP contribution is -2.51. The van der Waals surface area contributed by atoms with Gasteiger partial charge in [0.15, 0.2) is 0 Å². The van der Waals surface area contributed by atoms with Crippen LogP contribution < -0.4 is 16.0 Å². The van der Waals surface area contributed by atoms with Crippen molar-refractivity contribution in [2.24, 2.45) is 5.92 Å². The van der Waals surface area contributed by atoms with Crippen LogP contribution >= 0.6 is 11.6 Å². The van der Waals surface area contributed by atoms with Crippen molar-refractivity contribution in [3.63, 3.8) is 0 Å². The number of rotatable bonds is 4. The molecule has 3 amide bonds. The van der Waals surface area contributed by atoms with Crippen LogP contribution in [0.5, 0.6) is 0 Å².